The molecule has 0 unspecified atom stereocenters. The highest BCUT2D eigenvalue weighted by Gasteiger charge is 2.07. The summed E-state index contributed by atoms with van der Waals surface area (Å²) >= 11 is 0. The maximum Gasteiger partial charge on any atom is 0.107 e. The number of fused-ring (bicyclic) bond motifs is 1. The SMILES string of the molecule is Cc1nc2cc(N)ccc2n1Cc1ccccc1. The van der Waals surface area contributed by atoms with Crippen LogP contribution in [0.4, 0.5) is 5.69 Å². The molecule has 3 heteroatoms. The fourth-order valence-electron chi connectivity index (χ4n) is 2.23. The molecule has 90 valence electrons. The fourth-order valence-corrected chi connectivity index (χ4v) is 2.23. The Hall–Kier alpha value is -2.29. The van der Waals surface area contributed by atoms with E-state index < -0.39 is 0 Å². The molecule has 3 aromatic rings. The Morgan fingerprint density at radius 3 is 2.67 bits per heavy atom. The lowest BCUT2D eigenvalue weighted by molar-refractivity contribution is 0.786. The zero-order chi connectivity index (χ0) is 12.5. The number of nitrogens with two attached hydrogens (primary N) is 1. The van der Waals surface area contributed by atoms with Gasteiger partial charge in [-0.25, -0.2) is 4.98 Å². The Labute approximate surface area is 106 Å². The molecule has 0 aliphatic rings. The first kappa shape index (κ1) is 10.8. The number of aromatic nitrogens is 2. The van der Waals surface area contributed by atoms with Gasteiger partial charge in [0.2, 0.25) is 0 Å². The van der Waals surface area contributed by atoms with Crippen LogP contribution in [0.3, 0.4) is 0 Å². The van der Waals surface area contributed by atoms with E-state index in [2.05, 4.69) is 33.8 Å². The third kappa shape index (κ3) is 1.84. The van der Waals surface area contributed by atoms with Crippen molar-refractivity contribution in [3.8, 4) is 0 Å². The molecular weight excluding hydrogens is 222 g/mol. The Morgan fingerprint density at radius 2 is 1.89 bits per heavy atom. The van der Waals surface area contributed by atoms with Crippen LogP contribution in [0, 0.1) is 6.92 Å². The van der Waals surface area contributed by atoms with Crippen molar-refractivity contribution in [1.82, 2.24) is 9.55 Å². The van der Waals surface area contributed by atoms with Crippen molar-refractivity contribution in [3.63, 3.8) is 0 Å². The van der Waals surface area contributed by atoms with Gasteiger partial charge in [-0.3, -0.25) is 0 Å². The van der Waals surface area contributed by atoms with Gasteiger partial charge in [-0.05, 0) is 30.7 Å². The van der Waals surface area contributed by atoms with E-state index in [-0.39, 0.29) is 0 Å². The highest BCUT2D eigenvalue weighted by atomic mass is 15.1. The molecule has 2 aromatic carbocycles. The number of anilines is 1. The summed E-state index contributed by atoms with van der Waals surface area (Å²) in [4.78, 5) is 4.55. The highest BCUT2D eigenvalue weighted by molar-refractivity contribution is 5.79. The van der Waals surface area contributed by atoms with Crippen LogP contribution < -0.4 is 5.73 Å². The van der Waals surface area contributed by atoms with Gasteiger partial charge >= 0.3 is 0 Å². The number of nitrogen functional groups attached to an aromatic ring is 1. The third-order valence-electron chi connectivity index (χ3n) is 3.15. The Balaban J connectivity index is 2.09. The summed E-state index contributed by atoms with van der Waals surface area (Å²) in [5, 5.41) is 0. The smallest absolute Gasteiger partial charge is 0.107 e. The normalized spacial score (nSPS) is 10.9. The van der Waals surface area contributed by atoms with Crippen LogP contribution in [-0.4, -0.2) is 9.55 Å². The second kappa shape index (κ2) is 4.18. The Kier molecular flexibility index (Phi) is 2.52. The predicted octanol–water partition coefficient (Wildman–Crippen LogP) is 2.98. The summed E-state index contributed by atoms with van der Waals surface area (Å²) in [6.07, 6.45) is 0. The molecule has 1 aromatic heterocycles. The van der Waals surface area contributed by atoms with Crippen molar-refractivity contribution in [2.45, 2.75) is 13.5 Å². The van der Waals surface area contributed by atoms with E-state index in [1.54, 1.807) is 0 Å². The van der Waals surface area contributed by atoms with Gasteiger partial charge in [0.25, 0.3) is 0 Å². The number of hydrogen-bond donors (Lipinski definition) is 1. The summed E-state index contributed by atoms with van der Waals surface area (Å²) < 4.78 is 2.21. The molecule has 0 saturated carbocycles. The molecule has 3 nitrogen and oxygen atoms in total. The number of imidazole rings is 1. The summed E-state index contributed by atoms with van der Waals surface area (Å²) in [6, 6.07) is 16.3. The van der Waals surface area contributed by atoms with E-state index in [0.717, 1.165) is 29.1 Å². The Morgan fingerprint density at radius 1 is 1.11 bits per heavy atom. The van der Waals surface area contributed by atoms with Crippen LogP contribution in [0.25, 0.3) is 11.0 Å². The molecule has 0 aliphatic heterocycles. The highest BCUT2D eigenvalue weighted by Crippen LogP contribution is 2.20. The van der Waals surface area contributed by atoms with Crippen molar-refractivity contribution in [3.05, 3.63) is 59.9 Å². The molecule has 0 spiro atoms. The number of aryl methyl sites for hydroxylation is 1. The lowest BCUT2D eigenvalue weighted by atomic mass is 10.2. The van der Waals surface area contributed by atoms with E-state index in [1.165, 1.54) is 5.56 Å². The van der Waals surface area contributed by atoms with Gasteiger partial charge in [0.1, 0.15) is 5.82 Å². The van der Waals surface area contributed by atoms with Gasteiger partial charge < -0.3 is 10.3 Å². The largest absolute Gasteiger partial charge is 0.399 e. The van der Waals surface area contributed by atoms with Crippen molar-refractivity contribution >= 4 is 16.7 Å². The third-order valence-corrected chi connectivity index (χ3v) is 3.15. The van der Waals surface area contributed by atoms with Gasteiger partial charge in [-0.1, -0.05) is 30.3 Å². The monoisotopic (exact) mass is 237 g/mol. The lowest BCUT2D eigenvalue weighted by Crippen LogP contribution is -2.01. The molecule has 0 radical (unpaired) electrons. The molecule has 0 amide bonds. The van der Waals surface area contributed by atoms with E-state index in [4.69, 9.17) is 5.73 Å². The van der Waals surface area contributed by atoms with Crippen molar-refractivity contribution in [2.75, 3.05) is 5.73 Å². The number of nitrogens with zero attached hydrogens (tertiary/aromatic N) is 2. The summed E-state index contributed by atoms with van der Waals surface area (Å²) in [5.74, 6) is 1.01. The summed E-state index contributed by atoms with van der Waals surface area (Å²) in [5.41, 5.74) is 9.91. The first-order valence-corrected chi connectivity index (χ1v) is 6.00. The standard InChI is InChI=1S/C15H15N3/c1-11-17-14-9-13(16)7-8-15(14)18(11)10-12-5-3-2-4-6-12/h2-9H,10,16H2,1H3. The molecule has 0 aliphatic carbocycles. The van der Waals surface area contributed by atoms with Crippen molar-refractivity contribution < 1.29 is 0 Å². The second-order valence-electron chi connectivity index (χ2n) is 4.48. The maximum absolute atomic E-state index is 5.79. The minimum absolute atomic E-state index is 0.756. The number of benzene rings is 2. The average Bonchev–Trinajstić information content (AvgIpc) is 2.66. The topological polar surface area (TPSA) is 43.8 Å². The molecule has 0 atom stereocenters. The van der Waals surface area contributed by atoms with Crippen LogP contribution in [0.2, 0.25) is 0 Å². The van der Waals surface area contributed by atoms with E-state index >= 15 is 0 Å². The maximum atomic E-state index is 5.79. The van der Waals surface area contributed by atoms with E-state index in [0.29, 0.717) is 0 Å². The molecule has 0 bridgehead atoms. The molecule has 18 heavy (non-hydrogen) atoms. The number of rotatable bonds is 2. The summed E-state index contributed by atoms with van der Waals surface area (Å²) in [7, 11) is 0. The van der Waals surface area contributed by atoms with Gasteiger partial charge in [0, 0.05) is 12.2 Å². The zero-order valence-electron chi connectivity index (χ0n) is 10.3. The van der Waals surface area contributed by atoms with Gasteiger partial charge in [-0.2, -0.15) is 0 Å². The van der Waals surface area contributed by atoms with Crippen molar-refractivity contribution in [2.24, 2.45) is 0 Å². The molecule has 0 fully saturated rings. The van der Waals surface area contributed by atoms with Gasteiger partial charge in [0.05, 0.1) is 11.0 Å². The van der Waals surface area contributed by atoms with Crippen LogP contribution in [0.1, 0.15) is 11.4 Å². The molecule has 0 saturated heterocycles. The Bertz CT molecular complexity index is 684. The minimum Gasteiger partial charge on any atom is -0.399 e. The van der Waals surface area contributed by atoms with Crippen LogP contribution in [0.5, 0.6) is 0 Å². The predicted molar refractivity (Wildman–Crippen MR) is 74.4 cm³/mol. The van der Waals surface area contributed by atoms with E-state index in [9.17, 15) is 0 Å². The van der Waals surface area contributed by atoms with Gasteiger partial charge in [-0.15, -0.1) is 0 Å². The number of hydrogen-bond acceptors (Lipinski definition) is 2. The molecule has 1 heterocycles. The molecular formula is C15H15N3. The zero-order valence-corrected chi connectivity index (χ0v) is 10.3. The van der Waals surface area contributed by atoms with E-state index in [1.807, 2.05) is 31.2 Å². The fraction of sp³-hybridized carbons (Fsp3) is 0.133. The van der Waals surface area contributed by atoms with Crippen molar-refractivity contribution in [1.29, 1.82) is 0 Å². The van der Waals surface area contributed by atoms with Crippen LogP contribution in [0.15, 0.2) is 48.5 Å². The van der Waals surface area contributed by atoms with Crippen LogP contribution in [-0.2, 0) is 6.54 Å². The van der Waals surface area contributed by atoms with Gasteiger partial charge in [0.15, 0.2) is 0 Å². The minimum atomic E-state index is 0.756. The lowest BCUT2D eigenvalue weighted by Gasteiger charge is -2.06. The quantitative estimate of drug-likeness (QED) is 0.696. The van der Waals surface area contributed by atoms with Crippen LogP contribution >= 0.6 is 0 Å². The summed E-state index contributed by atoms with van der Waals surface area (Å²) in [6.45, 7) is 2.87. The first-order valence-electron chi connectivity index (χ1n) is 6.00. The molecule has 3 rings (SSSR count). The average molecular weight is 237 g/mol. The first-order chi connectivity index (χ1) is 8.74. The second-order valence-corrected chi connectivity index (χ2v) is 4.48. The molecule has 2 N–H and O–H groups in total.